The molecule has 0 fully saturated rings. The molecule has 3 heterocycles. The van der Waals surface area contributed by atoms with Gasteiger partial charge in [0.1, 0.15) is 6.54 Å². The predicted octanol–water partition coefficient (Wildman–Crippen LogP) is 1.70. The van der Waals surface area contributed by atoms with Crippen LogP contribution in [0.5, 0.6) is 0 Å². The van der Waals surface area contributed by atoms with Gasteiger partial charge in [0, 0.05) is 29.4 Å². The monoisotopic (exact) mass is 544 g/mol. The molecular formula is C23H24N6O6S2. The predicted molar refractivity (Wildman–Crippen MR) is 137 cm³/mol. The highest BCUT2D eigenvalue weighted by Crippen LogP contribution is 2.36. The number of allylic oxidation sites excluding steroid dienone is 4. The first-order chi connectivity index (χ1) is 17.4. The van der Waals surface area contributed by atoms with Crippen molar-refractivity contribution in [1.82, 2.24) is 24.1 Å². The minimum Gasteiger partial charge on any atom is -0.480 e. The number of aliphatic carboxylic acids is 1. The lowest BCUT2D eigenvalue weighted by Gasteiger charge is -2.26. The number of carbonyl (C=O) groups is 3. The van der Waals surface area contributed by atoms with Gasteiger partial charge in [0.05, 0.1) is 29.8 Å². The van der Waals surface area contributed by atoms with Gasteiger partial charge < -0.3 is 15.7 Å². The Bertz CT molecular complexity index is 1530. The zero-order chi connectivity index (χ0) is 26.8. The molecule has 2 amide bonds. The molecule has 0 spiro atoms. The number of anilines is 1. The van der Waals surface area contributed by atoms with E-state index in [0.29, 0.717) is 17.2 Å². The molecule has 1 atom stereocenters. The molecule has 4 rings (SSSR count). The summed E-state index contributed by atoms with van der Waals surface area (Å²) >= 11 is 1.23. The molecule has 0 aromatic carbocycles. The van der Waals surface area contributed by atoms with E-state index in [9.17, 15) is 22.8 Å². The molecule has 0 radical (unpaired) electrons. The average molecular weight is 545 g/mol. The summed E-state index contributed by atoms with van der Waals surface area (Å²) in [4.78, 5) is 40.0. The molecule has 3 aromatic rings. The van der Waals surface area contributed by atoms with E-state index in [1.165, 1.54) is 34.5 Å². The molecule has 37 heavy (non-hydrogen) atoms. The standard InChI is InChI=1S/C23H24N6O6S2/c1-23(18-6-8-28(27-18)13-20(31)32)7-3-4-15(10-23)17-14-36-22(25-17)26-19(30)11-24-21(33)16-5-9-29(12-16)37(2,34)35/h3-6,8-10,12,14H,7,11,13H2,1-2H3,(H,24,33)(H,31,32)(H,25,26,30). The Hall–Kier alpha value is -4.04. The van der Waals surface area contributed by atoms with Gasteiger partial charge in [-0.1, -0.05) is 25.2 Å². The second kappa shape index (κ2) is 10.1. The first kappa shape index (κ1) is 26.0. The van der Waals surface area contributed by atoms with E-state index < -0.39 is 33.2 Å². The number of hydrogen-bond donors (Lipinski definition) is 3. The number of carbonyl (C=O) groups excluding carboxylic acids is 2. The molecule has 1 aliphatic rings. The van der Waals surface area contributed by atoms with Gasteiger partial charge in [-0.3, -0.25) is 23.0 Å². The zero-order valence-corrected chi connectivity index (χ0v) is 21.5. The lowest BCUT2D eigenvalue weighted by molar-refractivity contribution is -0.137. The van der Waals surface area contributed by atoms with Crippen LogP contribution in [0.15, 0.2) is 54.3 Å². The highest BCUT2D eigenvalue weighted by Gasteiger charge is 2.29. The van der Waals surface area contributed by atoms with Crippen LogP contribution in [0, 0.1) is 0 Å². The van der Waals surface area contributed by atoms with Crippen molar-refractivity contribution < 1.29 is 27.9 Å². The molecule has 12 nitrogen and oxygen atoms in total. The summed E-state index contributed by atoms with van der Waals surface area (Å²) in [7, 11) is -3.51. The molecule has 0 saturated heterocycles. The van der Waals surface area contributed by atoms with Crippen molar-refractivity contribution in [1.29, 1.82) is 0 Å². The van der Waals surface area contributed by atoms with Crippen molar-refractivity contribution in [3.05, 3.63) is 71.3 Å². The van der Waals surface area contributed by atoms with Gasteiger partial charge in [-0.15, -0.1) is 11.3 Å². The number of thiazole rings is 1. The van der Waals surface area contributed by atoms with E-state index in [1.807, 2.05) is 25.2 Å². The van der Waals surface area contributed by atoms with Gasteiger partial charge >= 0.3 is 5.97 Å². The van der Waals surface area contributed by atoms with Gasteiger partial charge in [0.2, 0.25) is 15.9 Å². The van der Waals surface area contributed by atoms with Crippen molar-refractivity contribution in [2.24, 2.45) is 0 Å². The van der Waals surface area contributed by atoms with E-state index in [4.69, 9.17) is 5.11 Å². The Morgan fingerprint density at radius 2 is 2.03 bits per heavy atom. The second-order valence-corrected chi connectivity index (χ2v) is 11.4. The van der Waals surface area contributed by atoms with Crippen molar-refractivity contribution in [3.63, 3.8) is 0 Å². The number of nitrogens with one attached hydrogen (secondary N) is 2. The molecule has 1 aliphatic carbocycles. The highest BCUT2D eigenvalue weighted by molar-refractivity contribution is 7.89. The summed E-state index contributed by atoms with van der Waals surface area (Å²) in [6.07, 6.45) is 11.7. The van der Waals surface area contributed by atoms with Crippen LogP contribution >= 0.6 is 11.3 Å². The second-order valence-electron chi connectivity index (χ2n) is 8.68. The molecule has 194 valence electrons. The fraction of sp³-hybridized carbons (Fsp3) is 0.261. The van der Waals surface area contributed by atoms with E-state index in [1.54, 1.807) is 17.6 Å². The molecular weight excluding hydrogens is 520 g/mol. The summed E-state index contributed by atoms with van der Waals surface area (Å²) < 4.78 is 25.4. The van der Waals surface area contributed by atoms with Crippen molar-refractivity contribution in [3.8, 4) is 0 Å². The Labute approximate surface area is 216 Å². The van der Waals surface area contributed by atoms with Crippen molar-refractivity contribution in [2.45, 2.75) is 25.3 Å². The SMILES string of the molecule is CC1(c2ccn(CC(=O)O)n2)C=C(c2csc(NC(=O)CNC(=O)c3ccn(S(C)(=O)=O)c3)n2)C=CC1. The van der Waals surface area contributed by atoms with E-state index in [2.05, 4.69) is 20.7 Å². The summed E-state index contributed by atoms with van der Waals surface area (Å²) in [5, 5.41) is 20.6. The van der Waals surface area contributed by atoms with Gasteiger partial charge in [-0.2, -0.15) is 5.10 Å². The van der Waals surface area contributed by atoms with Gasteiger partial charge in [0.15, 0.2) is 5.13 Å². The number of rotatable bonds is 9. The normalized spacial score (nSPS) is 17.3. The Morgan fingerprint density at radius 3 is 2.73 bits per heavy atom. The Morgan fingerprint density at radius 1 is 1.24 bits per heavy atom. The number of hydrogen-bond acceptors (Lipinski definition) is 8. The lowest BCUT2D eigenvalue weighted by Crippen LogP contribution is -2.32. The lowest BCUT2D eigenvalue weighted by atomic mass is 9.78. The third-order valence-corrected chi connectivity index (χ3v) is 7.36. The fourth-order valence-electron chi connectivity index (χ4n) is 3.72. The quantitative estimate of drug-likeness (QED) is 0.366. The largest absolute Gasteiger partial charge is 0.480 e. The Balaban J connectivity index is 1.37. The number of carboxylic acids is 1. The molecule has 0 saturated carbocycles. The molecule has 3 N–H and O–H groups in total. The maximum absolute atomic E-state index is 12.3. The zero-order valence-electron chi connectivity index (χ0n) is 19.9. The number of aromatic nitrogens is 4. The Kier molecular flexibility index (Phi) is 7.14. The third-order valence-electron chi connectivity index (χ3n) is 5.60. The van der Waals surface area contributed by atoms with Gasteiger partial charge in [-0.25, -0.2) is 13.4 Å². The molecule has 3 aromatic heterocycles. The first-order valence-corrected chi connectivity index (χ1v) is 13.7. The summed E-state index contributed by atoms with van der Waals surface area (Å²) in [6, 6.07) is 3.14. The minimum atomic E-state index is -3.51. The maximum Gasteiger partial charge on any atom is 0.325 e. The third kappa shape index (κ3) is 6.21. The topological polar surface area (TPSA) is 165 Å². The average Bonchev–Trinajstić information content (AvgIpc) is 3.58. The summed E-state index contributed by atoms with van der Waals surface area (Å²) in [5.74, 6) is -2.04. The van der Waals surface area contributed by atoms with Crippen molar-refractivity contribution in [2.75, 3.05) is 18.1 Å². The number of amides is 2. The van der Waals surface area contributed by atoms with E-state index >= 15 is 0 Å². The van der Waals surface area contributed by atoms with E-state index in [0.717, 1.165) is 21.5 Å². The van der Waals surface area contributed by atoms with Gasteiger partial charge in [-0.05, 0) is 24.1 Å². The molecule has 1 unspecified atom stereocenters. The van der Waals surface area contributed by atoms with Crippen LogP contribution < -0.4 is 10.6 Å². The van der Waals surface area contributed by atoms with Crippen molar-refractivity contribution >= 4 is 49.8 Å². The molecule has 0 bridgehead atoms. The minimum absolute atomic E-state index is 0.113. The highest BCUT2D eigenvalue weighted by atomic mass is 32.2. The smallest absolute Gasteiger partial charge is 0.325 e. The maximum atomic E-state index is 12.3. The summed E-state index contributed by atoms with van der Waals surface area (Å²) in [5.41, 5.74) is 1.88. The first-order valence-electron chi connectivity index (χ1n) is 11.0. The number of nitrogens with zero attached hydrogens (tertiary/aromatic N) is 4. The van der Waals surface area contributed by atoms with Crippen LogP contribution in [0.1, 0.15) is 35.1 Å². The van der Waals surface area contributed by atoms with E-state index in [-0.39, 0.29) is 18.7 Å². The van der Waals surface area contributed by atoms with Crippen LogP contribution in [0.2, 0.25) is 0 Å². The van der Waals surface area contributed by atoms with Crippen LogP contribution in [-0.2, 0) is 31.6 Å². The van der Waals surface area contributed by atoms with Crippen LogP contribution in [0.25, 0.3) is 5.57 Å². The molecule has 14 heteroatoms. The van der Waals surface area contributed by atoms with Crippen LogP contribution in [0.3, 0.4) is 0 Å². The van der Waals surface area contributed by atoms with Crippen LogP contribution in [0.4, 0.5) is 5.13 Å². The van der Waals surface area contributed by atoms with Gasteiger partial charge in [0.25, 0.3) is 5.91 Å². The fourth-order valence-corrected chi connectivity index (χ4v) is 5.04. The summed E-state index contributed by atoms with van der Waals surface area (Å²) in [6.45, 7) is 1.47. The molecule has 0 aliphatic heterocycles. The van der Waals surface area contributed by atoms with Crippen LogP contribution in [-0.4, -0.2) is 62.8 Å². The number of carboxylic acid groups (broad SMARTS) is 1.